The first-order chi connectivity index (χ1) is 7.11. The Bertz CT molecular complexity index is 142. The average molecular weight is 232 g/mol. The van der Waals surface area contributed by atoms with E-state index in [-0.39, 0.29) is 0 Å². The Kier molecular flexibility index (Phi) is 9.66. The number of nitrogens with zero attached hydrogens (tertiary/aromatic N) is 1. The molecule has 0 aromatic rings. The van der Waals surface area contributed by atoms with Gasteiger partial charge in [0.15, 0.2) is 0 Å². The largest absolute Gasteiger partial charge is 0.316 e. The van der Waals surface area contributed by atoms with Gasteiger partial charge in [-0.25, -0.2) is 0 Å². The van der Waals surface area contributed by atoms with Crippen molar-refractivity contribution in [3.05, 3.63) is 0 Å². The summed E-state index contributed by atoms with van der Waals surface area (Å²) in [5.41, 5.74) is 0. The summed E-state index contributed by atoms with van der Waals surface area (Å²) in [6, 6.07) is 0.689. The molecule has 0 spiro atoms. The highest BCUT2D eigenvalue weighted by Crippen LogP contribution is 2.06. The number of rotatable bonds is 9. The summed E-state index contributed by atoms with van der Waals surface area (Å²) in [5, 5.41) is 3.48. The third-order valence-corrected chi connectivity index (χ3v) is 3.50. The fourth-order valence-corrected chi connectivity index (χ4v) is 2.37. The van der Waals surface area contributed by atoms with Crippen molar-refractivity contribution < 1.29 is 0 Å². The van der Waals surface area contributed by atoms with E-state index in [1.807, 2.05) is 11.8 Å². The molecule has 1 N–H and O–H groups in total. The minimum atomic E-state index is 0.689. The summed E-state index contributed by atoms with van der Waals surface area (Å²) in [5.74, 6) is 1.97. The lowest BCUT2D eigenvalue weighted by molar-refractivity contribution is 0.237. The van der Waals surface area contributed by atoms with Crippen LogP contribution in [0, 0.1) is 5.92 Å². The third kappa shape index (κ3) is 8.12. The fraction of sp³-hybridized carbons (Fsp3) is 1.00. The quantitative estimate of drug-likeness (QED) is 0.614. The van der Waals surface area contributed by atoms with Gasteiger partial charge in [-0.2, -0.15) is 11.8 Å². The van der Waals surface area contributed by atoms with Crippen LogP contribution >= 0.6 is 11.8 Å². The molecule has 0 saturated heterocycles. The molecule has 0 aromatic carbocycles. The second kappa shape index (κ2) is 9.49. The summed E-state index contributed by atoms with van der Waals surface area (Å²) < 4.78 is 0. The molecule has 0 rings (SSSR count). The molecule has 0 saturated carbocycles. The smallest absolute Gasteiger partial charge is 0.0155 e. The van der Waals surface area contributed by atoms with Crippen LogP contribution in [0.1, 0.15) is 27.2 Å². The first-order valence-electron chi connectivity index (χ1n) is 6.01. The van der Waals surface area contributed by atoms with Crippen LogP contribution in [0.3, 0.4) is 0 Å². The van der Waals surface area contributed by atoms with E-state index in [4.69, 9.17) is 0 Å². The van der Waals surface area contributed by atoms with E-state index in [1.54, 1.807) is 0 Å². The summed E-state index contributed by atoms with van der Waals surface area (Å²) in [6.45, 7) is 10.3. The molecule has 0 fully saturated rings. The summed E-state index contributed by atoms with van der Waals surface area (Å²) in [7, 11) is 2.23. The zero-order valence-electron chi connectivity index (χ0n) is 11.0. The summed E-state index contributed by atoms with van der Waals surface area (Å²) in [4.78, 5) is 2.47. The van der Waals surface area contributed by atoms with Crippen LogP contribution in [0.25, 0.3) is 0 Å². The van der Waals surface area contributed by atoms with Crippen LogP contribution in [-0.4, -0.2) is 49.6 Å². The first-order valence-corrected chi connectivity index (χ1v) is 7.41. The molecule has 2 atom stereocenters. The zero-order valence-corrected chi connectivity index (χ0v) is 11.9. The monoisotopic (exact) mass is 232 g/mol. The van der Waals surface area contributed by atoms with E-state index in [0.717, 1.165) is 19.0 Å². The molecule has 2 nitrogen and oxygen atoms in total. The van der Waals surface area contributed by atoms with Crippen molar-refractivity contribution in [1.29, 1.82) is 0 Å². The molecule has 15 heavy (non-hydrogen) atoms. The fourth-order valence-electron chi connectivity index (χ4n) is 1.63. The maximum atomic E-state index is 3.48. The normalized spacial score (nSPS) is 15.6. The lowest BCUT2D eigenvalue weighted by Crippen LogP contribution is -2.37. The van der Waals surface area contributed by atoms with Crippen LogP contribution in [0.2, 0.25) is 0 Å². The van der Waals surface area contributed by atoms with Gasteiger partial charge in [0.25, 0.3) is 0 Å². The van der Waals surface area contributed by atoms with Gasteiger partial charge in [-0.15, -0.1) is 0 Å². The van der Waals surface area contributed by atoms with E-state index in [2.05, 4.69) is 44.3 Å². The maximum Gasteiger partial charge on any atom is 0.0155 e. The van der Waals surface area contributed by atoms with Gasteiger partial charge in [0.05, 0.1) is 0 Å². The lowest BCUT2D eigenvalue weighted by Gasteiger charge is -2.27. The molecule has 3 heteroatoms. The van der Waals surface area contributed by atoms with Crippen molar-refractivity contribution in [3.63, 3.8) is 0 Å². The Morgan fingerprint density at radius 2 is 2.00 bits per heavy atom. The predicted octanol–water partition coefficient (Wildman–Crippen LogP) is 2.31. The van der Waals surface area contributed by atoms with Crippen molar-refractivity contribution in [1.82, 2.24) is 10.2 Å². The van der Waals surface area contributed by atoms with Gasteiger partial charge < -0.3 is 10.2 Å². The van der Waals surface area contributed by atoms with Crippen molar-refractivity contribution in [2.24, 2.45) is 5.92 Å². The van der Waals surface area contributed by atoms with Crippen LogP contribution < -0.4 is 5.32 Å². The maximum absolute atomic E-state index is 3.48. The Morgan fingerprint density at radius 1 is 1.33 bits per heavy atom. The van der Waals surface area contributed by atoms with Crippen LogP contribution in [0.5, 0.6) is 0 Å². The second-order valence-corrected chi connectivity index (χ2v) is 5.46. The number of hydrogen-bond donors (Lipinski definition) is 1. The van der Waals surface area contributed by atoms with Crippen molar-refractivity contribution >= 4 is 11.8 Å². The number of hydrogen-bond acceptors (Lipinski definition) is 3. The van der Waals surface area contributed by atoms with E-state index < -0.39 is 0 Å². The highest BCUT2D eigenvalue weighted by molar-refractivity contribution is 7.98. The van der Waals surface area contributed by atoms with Crippen LogP contribution in [0.4, 0.5) is 0 Å². The SMILES string of the molecule is CCCNCC(C)CN(C)C(C)CSC. The molecule has 0 radical (unpaired) electrons. The van der Waals surface area contributed by atoms with Gasteiger partial charge in [0, 0.05) is 18.3 Å². The zero-order chi connectivity index (χ0) is 11.7. The highest BCUT2D eigenvalue weighted by Gasteiger charge is 2.11. The molecule has 92 valence electrons. The van der Waals surface area contributed by atoms with Gasteiger partial charge in [-0.1, -0.05) is 13.8 Å². The van der Waals surface area contributed by atoms with Gasteiger partial charge in [-0.3, -0.25) is 0 Å². The van der Waals surface area contributed by atoms with E-state index in [1.165, 1.54) is 18.7 Å². The molecule has 0 heterocycles. The van der Waals surface area contributed by atoms with Gasteiger partial charge in [0.2, 0.25) is 0 Å². The number of thioether (sulfide) groups is 1. The topological polar surface area (TPSA) is 15.3 Å². The Labute approximate surface area is 100 Å². The Balaban J connectivity index is 3.60. The minimum Gasteiger partial charge on any atom is -0.316 e. The molecule has 0 bridgehead atoms. The standard InChI is InChI=1S/C12H28N2S/c1-6-7-13-8-11(2)9-14(4)12(3)10-15-5/h11-13H,6-10H2,1-5H3. The van der Waals surface area contributed by atoms with Crippen molar-refractivity contribution in [2.75, 3.05) is 38.7 Å². The third-order valence-electron chi connectivity index (χ3n) is 2.68. The van der Waals surface area contributed by atoms with Crippen molar-refractivity contribution in [2.45, 2.75) is 33.2 Å². The molecule has 0 aromatic heterocycles. The Morgan fingerprint density at radius 3 is 2.53 bits per heavy atom. The summed E-state index contributed by atoms with van der Waals surface area (Å²) in [6.07, 6.45) is 3.40. The molecule has 0 amide bonds. The minimum absolute atomic E-state index is 0.689. The van der Waals surface area contributed by atoms with E-state index in [0.29, 0.717) is 6.04 Å². The molecular weight excluding hydrogens is 204 g/mol. The van der Waals surface area contributed by atoms with Crippen LogP contribution in [0.15, 0.2) is 0 Å². The number of nitrogens with one attached hydrogen (secondary N) is 1. The van der Waals surface area contributed by atoms with Gasteiger partial charge >= 0.3 is 0 Å². The molecule has 0 aliphatic carbocycles. The lowest BCUT2D eigenvalue weighted by atomic mass is 10.1. The molecule has 0 aliphatic heterocycles. The van der Waals surface area contributed by atoms with Crippen molar-refractivity contribution in [3.8, 4) is 0 Å². The van der Waals surface area contributed by atoms with Gasteiger partial charge in [-0.05, 0) is 45.7 Å². The Hall–Kier alpha value is 0.270. The van der Waals surface area contributed by atoms with Crippen LogP contribution in [-0.2, 0) is 0 Å². The molecular formula is C12H28N2S. The average Bonchev–Trinajstić information content (AvgIpc) is 2.18. The van der Waals surface area contributed by atoms with E-state index >= 15 is 0 Å². The second-order valence-electron chi connectivity index (χ2n) is 4.55. The van der Waals surface area contributed by atoms with Gasteiger partial charge in [0.1, 0.15) is 0 Å². The highest BCUT2D eigenvalue weighted by atomic mass is 32.2. The first kappa shape index (κ1) is 15.3. The molecule has 2 unspecified atom stereocenters. The summed E-state index contributed by atoms with van der Waals surface area (Å²) >= 11 is 1.93. The molecule has 0 aliphatic rings. The van der Waals surface area contributed by atoms with E-state index in [9.17, 15) is 0 Å². The predicted molar refractivity (Wildman–Crippen MR) is 72.8 cm³/mol.